The molecule has 1 aromatic rings. The number of sulfonamides is 1. The van der Waals surface area contributed by atoms with Crippen molar-refractivity contribution in [3.63, 3.8) is 0 Å². The number of hydrogen-bond acceptors (Lipinski definition) is 5. The molecule has 0 spiro atoms. The summed E-state index contributed by atoms with van der Waals surface area (Å²) in [6.07, 6.45) is -6.08. The number of thioether (sulfide) groups is 1. The fourth-order valence-electron chi connectivity index (χ4n) is 2.07. The molecule has 0 radical (unpaired) electrons. The van der Waals surface area contributed by atoms with E-state index in [-0.39, 0.29) is 11.3 Å². The Morgan fingerprint density at radius 2 is 1.81 bits per heavy atom. The highest BCUT2D eigenvalue weighted by molar-refractivity contribution is 7.98. The van der Waals surface area contributed by atoms with Crippen LogP contribution < -0.4 is 10.0 Å². The molecule has 1 rings (SSSR count). The molecule has 11 heteroatoms. The summed E-state index contributed by atoms with van der Waals surface area (Å²) in [6.45, 7) is 1.37. The fourth-order valence-corrected chi connectivity index (χ4v) is 3.77. The van der Waals surface area contributed by atoms with Gasteiger partial charge in [-0.05, 0) is 43.9 Å². The molecule has 0 bridgehead atoms. The van der Waals surface area contributed by atoms with Gasteiger partial charge in [-0.1, -0.05) is 17.7 Å². The number of alkyl halides is 3. The summed E-state index contributed by atoms with van der Waals surface area (Å²) in [5.41, 5.74) is 0.869. The molecule has 154 valence electrons. The van der Waals surface area contributed by atoms with Gasteiger partial charge in [-0.3, -0.25) is 4.79 Å². The van der Waals surface area contributed by atoms with Crippen molar-refractivity contribution in [1.82, 2.24) is 10.0 Å². The van der Waals surface area contributed by atoms with Crippen LogP contribution in [0, 0.1) is 6.92 Å². The molecule has 27 heavy (non-hydrogen) atoms. The SMILES string of the molecule is CSCC[C@H](NS(=O)(=O)c1ccc(C)cc1)C(=O)NCC[C@H](O)C(F)(F)F. The van der Waals surface area contributed by atoms with Crippen molar-refractivity contribution in [1.29, 1.82) is 0 Å². The van der Waals surface area contributed by atoms with Gasteiger partial charge in [-0.15, -0.1) is 0 Å². The average Bonchev–Trinajstić information content (AvgIpc) is 2.57. The summed E-state index contributed by atoms with van der Waals surface area (Å²) < 4.78 is 64.0. The van der Waals surface area contributed by atoms with E-state index in [1.807, 2.05) is 0 Å². The number of aliphatic hydroxyl groups excluding tert-OH is 1. The lowest BCUT2D eigenvalue weighted by Crippen LogP contribution is -2.47. The Kier molecular flexibility index (Phi) is 9.06. The van der Waals surface area contributed by atoms with Crippen molar-refractivity contribution in [2.24, 2.45) is 0 Å². The number of carbonyl (C=O) groups is 1. The van der Waals surface area contributed by atoms with Crippen LogP contribution in [0.3, 0.4) is 0 Å². The monoisotopic (exact) mass is 428 g/mol. The number of hydrogen-bond donors (Lipinski definition) is 3. The molecule has 1 aromatic carbocycles. The summed E-state index contributed by atoms with van der Waals surface area (Å²) in [4.78, 5) is 12.2. The third-order valence-electron chi connectivity index (χ3n) is 3.65. The fraction of sp³-hybridized carbons (Fsp3) is 0.562. The molecular weight excluding hydrogens is 405 g/mol. The summed E-state index contributed by atoms with van der Waals surface area (Å²) in [6, 6.07) is 4.90. The molecule has 2 atom stereocenters. The second-order valence-electron chi connectivity index (χ2n) is 5.91. The molecule has 0 aromatic heterocycles. The Balaban J connectivity index is 2.76. The van der Waals surface area contributed by atoms with E-state index in [1.165, 1.54) is 23.9 Å². The topological polar surface area (TPSA) is 95.5 Å². The van der Waals surface area contributed by atoms with Gasteiger partial charge in [-0.2, -0.15) is 29.7 Å². The highest BCUT2D eigenvalue weighted by Gasteiger charge is 2.37. The van der Waals surface area contributed by atoms with Gasteiger partial charge in [0, 0.05) is 6.54 Å². The average molecular weight is 428 g/mol. The first-order valence-corrected chi connectivity index (χ1v) is 11.0. The van der Waals surface area contributed by atoms with Gasteiger partial charge in [0.05, 0.1) is 4.90 Å². The Labute approximate surface area is 161 Å². The van der Waals surface area contributed by atoms with Gasteiger partial charge in [0.15, 0.2) is 6.10 Å². The van der Waals surface area contributed by atoms with E-state index in [9.17, 15) is 26.4 Å². The molecule has 0 heterocycles. The normalized spacial score (nSPS) is 14.6. The van der Waals surface area contributed by atoms with E-state index in [0.717, 1.165) is 5.56 Å². The standard InChI is InChI=1S/C16H23F3N2O4S2/c1-11-3-5-12(6-4-11)27(24,25)21-13(8-10-26-2)15(23)20-9-7-14(22)16(17,18)19/h3-6,13-14,21-22H,7-10H2,1-2H3,(H,20,23)/t13-,14-/m0/s1. The molecule has 6 nitrogen and oxygen atoms in total. The minimum atomic E-state index is -4.77. The van der Waals surface area contributed by atoms with Crippen molar-refractivity contribution >= 4 is 27.7 Å². The lowest BCUT2D eigenvalue weighted by Gasteiger charge is -2.19. The number of benzene rings is 1. The molecule has 0 fully saturated rings. The van der Waals surface area contributed by atoms with Crippen LogP contribution in [0.5, 0.6) is 0 Å². The third kappa shape index (κ3) is 8.08. The Morgan fingerprint density at radius 3 is 2.33 bits per heavy atom. The van der Waals surface area contributed by atoms with Gasteiger partial charge in [0.25, 0.3) is 0 Å². The summed E-state index contributed by atoms with van der Waals surface area (Å²) in [7, 11) is -3.97. The van der Waals surface area contributed by atoms with Crippen molar-refractivity contribution in [3.8, 4) is 0 Å². The second kappa shape index (κ2) is 10.3. The number of amides is 1. The van der Waals surface area contributed by atoms with Gasteiger partial charge in [0.2, 0.25) is 15.9 Å². The van der Waals surface area contributed by atoms with E-state index in [1.54, 1.807) is 25.3 Å². The number of halogens is 3. The number of aryl methyl sites for hydroxylation is 1. The molecule has 3 N–H and O–H groups in total. The molecule has 0 saturated carbocycles. The molecule has 1 amide bonds. The molecule has 0 unspecified atom stereocenters. The lowest BCUT2D eigenvalue weighted by atomic mass is 10.2. The number of nitrogens with one attached hydrogen (secondary N) is 2. The molecule has 0 aliphatic heterocycles. The van der Waals surface area contributed by atoms with Crippen molar-refractivity contribution in [2.75, 3.05) is 18.6 Å². The first-order valence-electron chi connectivity index (χ1n) is 8.08. The van der Waals surface area contributed by atoms with Crippen LogP contribution in [-0.2, 0) is 14.8 Å². The van der Waals surface area contributed by atoms with Crippen molar-refractivity contribution in [3.05, 3.63) is 29.8 Å². The zero-order valence-corrected chi connectivity index (χ0v) is 16.5. The highest BCUT2D eigenvalue weighted by Crippen LogP contribution is 2.21. The summed E-state index contributed by atoms with van der Waals surface area (Å²) >= 11 is 1.40. The van der Waals surface area contributed by atoms with E-state index in [0.29, 0.717) is 5.75 Å². The highest BCUT2D eigenvalue weighted by atomic mass is 32.2. The van der Waals surface area contributed by atoms with Crippen LogP contribution in [0.25, 0.3) is 0 Å². The van der Waals surface area contributed by atoms with Crippen LogP contribution in [-0.4, -0.2) is 56.3 Å². The maximum atomic E-state index is 12.4. The second-order valence-corrected chi connectivity index (χ2v) is 8.61. The van der Waals surface area contributed by atoms with E-state index in [4.69, 9.17) is 5.11 Å². The summed E-state index contributed by atoms with van der Waals surface area (Å²) in [5.74, 6) is -0.270. The number of carbonyl (C=O) groups excluding carboxylic acids is 1. The van der Waals surface area contributed by atoms with E-state index < -0.39 is 47.2 Å². The first kappa shape index (κ1) is 23.7. The zero-order chi connectivity index (χ0) is 20.7. The van der Waals surface area contributed by atoms with Crippen LogP contribution >= 0.6 is 11.8 Å². The smallest absolute Gasteiger partial charge is 0.384 e. The van der Waals surface area contributed by atoms with Gasteiger partial charge < -0.3 is 10.4 Å². The summed E-state index contributed by atoms with van der Waals surface area (Å²) in [5, 5.41) is 11.2. The Hall–Kier alpha value is -1.30. The zero-order valence-electron chi connectivity index (χ0n) is 14.9. The Morgan fingerprint density at radius 1 is 1.22 bits per heavy atom. The van der Waals surface area contributed by atoms with E-state index in [2.05, 4.69) is 10.0 Å². The van der Waals surface area contributed by atoms with Gasteiger partial charge in [0.1, 0.15) is 6.04 Å². The van der Waals surface area contributed by atoms with Crippen LogP contribution in [0.4, 0.5) is 13.2 Å². The van der Waals surface area contributed by atoms with Gasteiger partial charge in [-0.25, -0.2) is 8.42 Å². The Bertz CT molecular complexity index is 709. The maximum absolute atomic E-state index is 12.4. The lowest BCUT2D eigenvalue weighted by molar-refractivity contribution is -0.205. The first-order chi connectivity index (χ1) is 12.5. The third-order valence-corrected chi connectivity index (χ3v) is 5.78. The molecular formula is C16H23F3N2O4S2. The largest absolute Gasteiger partial charge is 0.414 e. The van der Waals surface area contributed by atoms with Crippen LogP contribution in [0.2, 0.25) is 0 Å². The predicted octanol–water partition coefficient (Wildman–Crippen LogP) is 1.82. The van der Waals surface area contributed by atoms with Crippen molar-refractivity contribution in [2.45, 2.75) is 43.0 Å². The molecule has 0 saturated heterocycles. The number of aliphatic hydroxyl groups is 1. The molecule has 0 aliphatic carbocycles. The van der Waals surface area contributed by atoms with Gasteiger partial charge >= 0.3 is 6.18 Å². The maximum Gasteiger partial charge on any atom is 0.414 e. The minimum absolute atomic E-state index is 0.0115. The quantitative estimate of drug-likeness (QED) is 0.529. The van der Waals surface area contributed by atoms with E-state index >= 15 is 0 Å². The predicted molar refractivity (Wildman–Crippen MR) is 98.0 cm³/mol. The minimum Gasteiger partial charge on any atom is -0.384 e. The number of rotatable bonds is 10. The van der Waals surface area contributed by atoms with Crippen LogP contribution in [0.15, 0.2) is 29.2 Å². The molecule has 0 aliphatic rings. The van der Waals surface area contributed by atoms with Crippen molar-refractivity contribution < 1.29 is 31.5 Å². The van der Waals surface area contributed by atoms with Crippen LogP contribution in [0.1, 0.15) is 18.4 Å².